The second kappa shape index (κ2) is 2.75. The minimum Gasteiger partial charge on any atom is -0.392 e. The first kappa shape index (κ1) is 10.4. The summed E-state index contributed by atoms with van der Waals surface area (Å²) in [5.74, 6) is -4.16. The molecule has 1 aliphatic carbocycles. The molecular formula is C11H10O6. The van der Waals surface area contributed by atoms with Crippen molar-refractivity contribution in [3.05, 3.63) is 0 Å². The number of carbonyl (C=O) groups excluding carboxylic acids is 4. The van der Waals surface area contributed by atoms with Gasteiger partial charge >= 0.3 is 23.9 Å². The fourth-order valence-corrected chi connectivity index (χ4v) is 3.35. The number of carbonyl (C=O) groups is 4. The van der Waals surface area contributed by atoms with Gasteiger partial charge in [0.05, 0.1) is 11.3 Å². The second-order valence-electron chi connectivity index (χ2n) is 4.97. The SMILES string of the molecule is CC12CCCC3C(=O)OC(=O)C31C(=O)OC2=O. The monoisotopic (exact) mass is 238 g/mol. The number of hydrogen-bond acceptors (Lipinski definition) is 6. The lowest BCUT2D eigenvalue weighted by Crippen LogP contribution is -2.53. The third-order valence-electron chi connectivity index (χ3n) is 4.32. The molecule has 0 N–H and O–H groups in total. The molecule has 1 spiro atoms. The fourth-order valence-electron chi connectivity index (χ4n) is 3.35. The summed E-state index contributed by atoms with van der Waals surface area (Å²) in [7, 11) is 0. The fraction of sp³-hybridized carbons (Fsp3) is 0.636. The van der Waals surface area contributed by atoms with Crippen LogP contribution in [0.1, 0.15) is 26.2 Å². The van der Waals surface area contributed by atoms with E-state index in [2.05, 4.69) is 9.47 Å². The first-order chi connectivity index (χ1) is 7.94. The zero-order valence-corrected chi connectivity index (χ0v) is 9.15. The van der Waals surface area contributed by atoms with Crippen molar-refractivity contribution in [2.45, 2.75) is 26.2 Å². The van der Waals surface area contributed by atoms with E-state index in [1.807, 2.05) is 0 Å². The molecule has 2 heterocycles. The topological polar surface area (TPSA) is 86.7 Å². The molecular weight excluding hydrogens is 228 g/mol. The van der Waals surface area contributed by atoms with Crippen LogP contribution in [0.2, 0.25) is 0 Å². The van der Waals surface area contributed by atoms with Crippen LogP contribution in [0.3, 0.4) is 0 Å². The van der Waals surface area contributed by atoms with Gasteiger partial charge in [0.1, 0.15) is 0 Å². The predicted octanol–water partition coefficient (Wildman–Crippen LogP) is -0.0540. The van der Waals surface area contributed by atoms with Gasteiger partial charge in [-0.15, -0.1) is 0 Å². The van der Waals surface area contributed by atoms with Crippen LogP contribution in [0.25, 0.3) is 0 Å². The van der Waals surface area contributed by atoms with Crippen molar-refractivity contribution in [1.82, 2.24) is 0 Å². The number of esters is 4. The highest BCUT2D eigenvalue weighted by Crippen LogP contribution is 2.62. The maximum absolute atomic E-state index is 11.9. The zero-order valence-electron chi connectivity index (χ0n) is 9.15. The quantitative estimate of drug-likeness (QED) is 0.434. The van der Waals surface area contributed by atoms with Crippen molar-refractivity contribution in [2.24, 2.45) is 16.7 Å². The van der Waals surface area contributed by atoms with Gasteiger partial charge in [-0.1, -0.05) is 6.42 Å². The Bertz CT molecular complexity index is 470. The molecule has 0 aromatic carbocycles. The molecule has 6 heteroatoms. The zero-order chi connectivity index (χ0) is 12.4. The van der Waals surface area contributed by atoms with Crippen LogP contribution in [-0.4, -0.2) is 23.9 Å². The van der Waals surface area contributed by atoms with Gasteiger partial charge < -0.3 is 9.47 Å². The lowest BCUT2D eigenvalue weighted by atomic mass is 9.54. The summed E-state index contributed by atoms with van der Waals surface area (Å²) in [6.45, 7) is 1.51. The largest absolute Gasteiger partial charge is 0.392 e. The van der Waals surface area contributed by atoms with E-state index in [0.717, 1.165) is 0 Å². The van der Waals surface area contributed by atoms with Crippen molar-refractivity contribution in [3.8, 4) is 0 Å². The third-order valence-corrected chi connectivity index (χ3v) is 4.32. The Morgan fingerprint density at radius 2 is 1.71 bits per heavy atom. The minimum absolute atomic E-state index is 0.358. The van der Waals surface area contributed by atoms with Gasteiger partial charge in [0.25, 0.3) is 0 Å². The molecule has 6 nitrogen and oxygen atoms in total. The van der Waals surface area contributed by atoms with Gasteiger partial charge in [0.2, 0.25) is 0 Å². The molecule has 0 aromatic rings. The predicted molar refractivity (Wildman–Crippen MR) is 50.1 cm³/mol. The average Bonchev–Trinajstić information content (AvgIpc) is 2.63. The van der Waals surface area contributed by atoms with Crippen molar-refractivity contribution in [1.29, 1.82) is 0 Å². The second-order valence-corrected chi connectivity index (χ2v) is 4.97. The number of cyclic esters (lactones) is 4. The van der Waals surface area contributed by atoms with E-state index in [4.69, 9.17) is 0 Å². The number of hydrogen-bond donors (Lipinski definition) is 0. The lowest BCUT2D eigenvalue weighted by Gasteiger charge is -2.38. The van der Waals surface area contributed by atoms with Crippen LogP contribution in [-0.2, 0) is 28.7 Å². The summed E-state index contributed by atoms with van der Waals surface area (Å²) in [6.07, 6.45) is 1.33. The molecule has 3 aliphatic rings. The number of rotatable bonds is 0. The highest BCUT2D eigenvalue weighted by atomic mass is 16.6. The Kier molecular flexibility index (Phi) is 1.69. The van der Waals surface area contributed by atoms with Gasteiger partial charge in [-0.2, -0.15) is 0 Å². The van der Waals surface area contributed by atoms with Crippen LogP contribution in [0.4, 0.5) is 0 Å². The molecule has 3 fully saturated rings. The number of ether oxygens (including phenoxy) is 2. The van der Waals surface area contributed by atoms with E-state index in [9.17, 15) is 19.2 Å². The first-order valence-electron chi connectivity index (χ1n) is 5.47. The maximum atomic E-state index is 11.9. The van der Waals surface area contributed by atoms with Crippen LogP contribution in [0.15, 0.2) is 0 Å². The van der Waals surface area contributed by atoms with E-state index in [1.165, 1.54) is 6.92 Å². The summed E-state index contributed by atoms with van der Waals surface area (Å²) in [4.78, 5) is 47.1. The van der Waals surface area contributed by atoms with Crippen LogP contribution in [0.5, 0.6) is 0 Å². The van der Waals surface area contributed by atoms with Crippen molar-refractivity contribution >= 4 is 23.9 Å². The standard InChI is InChI=1S/C11H10O6/c1-10-4-2-3-5-6(12)16-8(14)11(5,10)9(15)17-7(10)13/h5H,2-4H2,1H3. The molecule has 17 heavy (non-hydrogen) atoms. The van der Waals surface area contributed by atoms with Gasteiger partial charge in [0, 0.05) is 0 Å². The van der Waals surface area contributed by atoms with E-state index < -0.39 is 40.6 Å². The molecule has 1 saturated carbocycles. The minimum atomic E-state index is -1.72. The normalized spacial score (nSPS) is 44.2. The molecule has 2 aliphatic heterocycles. The van der Waals surface area contributed by atoms with Gasteiger partial charge in [0.15, 0.2) is 5.41 Å². The summed E-state index contributed by atoms with van der Waals surface area (Å²) in [5.41, 5.74) is -2.98. The van der Waals surface area contributed by atoms with Crippen LogP contribution in [0, 0.1) is 16.7 Å². The van der Waals surface area contributed by atoms with E-state index >= 15 is 0 Å². The molecule has 0 radical (unpaired) electrons. The summed E-state index contributed by atoms with van der Waals surface area (Å²) in [5, 5.41) is 0. The Labute approximate surface area is 96.2 Å². The summed E-state index contributed by atoms with van der Waals surface area (Å²) < 4.78 is 9.17. The smallest absolute Gasteiger partial charge is 0.333 e. The average molecular weight is 238 g/mol. The molecule has 90 valence electrons. The van der Waals surface area contributed by atoms with Crippen molar-refractivity contribution in [3.63, 3.8) is 0 Å². The van der Waals surface area contributed by atoms with E-state index in [-0.39, 0.29) is 0 Å². The maximum Gasteiger partial charge on any atom is 0.333 e. The molecule has 0 aromatic heterocycles. The molecule has 3 rings (SSSR count). The highest BCUT2D eigenvalue weighted by Gasteiger charge is 2.79. The Morgan fingerprint density at radius 1 is 1.06 bits per heavy atom. The van der Waals surface area contributed by atoms with Crippen molar-refractivity contribution in [2.75, 3.05) is 0 Å². The van der Waals surface area contributed by atoms with E-state index in [0.29, 0.717) is 19.3 Å². The Morgan fingerprint density at radius 3 is 2.41 bits per heavy atom. The molecule has 2 saturated heterocycles. The van der Waals surface area contributed by atoms with Gasteiger partial charge in [-0.05, 0) is 19.8 Å². The van der Waals surface area contributed by atoms with E-state index in [1.54, 1.807) is 0 Å². The lowest BCUT2D eigenvalue weighted by molar-refractivity contribution is -0.163. The third kappa shape index (κ3) is 0.852. The Hall–Kier alpha value is -1.72. The van der Waals surface area contributed by atoms with Crippen LogP contribution < -0.4 is 0 Å². The highest BCUT2D eigenvalue weighted by molar-refractivity contribution is 6.20. The summed E-state index contributed by atoms with van der Waals surface area (Å²) >= 11 is 0. The molecule has 0 bridgehead atoms. The molecule has 3 unspecified atom stereocenters. The first-order valence-corrected chi connectivity index (χ1v) is 5.47. The molecule has 3 atom stereocenters. The van der Waals surface area contributed by atoms with Crippen molar-refractivity contribution < 1.29 is 28.7 Å². The van der Waals surface area contributed by atoms with Gasteiger partial charge in [-0.25, -0.2) is 0 Å². The van der Waals surface area contributed by atoms with Gasteiger partial charge in [-0.3, -0.25) is 19.2 Å². The molecule has 0 amide bonds. The summed E-state index contributed by atoms with van der Waals surface area (Å²) in [6, 6.07) is 0. The Balaban J connectivity index is 2.28. The van der Waals surface area contributed by atoms with Crippen LogP contribution >= 0.6 is 0 Å².